The second-order valence-electron chi connectivity index (χ2n) is 5.65. The first kappa shape index (κ1) is 18.8. The van der Waals surface area contributed by atoms with E-state index >= 15 is 0 Å². The average molecular weight is 321 g/mol. The molecule has 0 atom stereocenters. The molecule has 0 spiro atoms. The first-order valence-corrected chi connectivity index (χ1v) is 8.67. The van der Waals surface area contributed by atoms with Crippen LogP contribution in [-0.4, -0.2) is 11.7 Å². The fourth-order valence-corrected chi connectivity index (χ4v) is 2.54. The number of benzene rings is 1. The highest BCUT2D eigenvalue weighted by molar-refractivity contribution is 7.80. The Hall–Kier alpha value is -1.29. The number of amides is 1. The van der Waals surface area contributed by atoms with Crippen molar-refractivity contribution in [3.05, 3.63) is 24.3 Å². The number of hydrogen-bond acceptors (Lipinski definition) is 3. The Morgan fingerprint density at radius 2 is 1.64 bits per heavy atom. The fourth-order valence-electron chi connectivity index (χ4n) is 2.32. The van der Waals surface area contributed by atoms with Gasteiger partial charge in [-0.1, -0.05) is 57.6 Å². The summed E-state index contributed by atoms with van der Waals surface area (Å²) in [5.41, 5.74) is 0.652. The van der Waals surface area contributed by atoms with E-state index in [2.05, 4.69) is 24.9 Å². The zero-order chi connectivity index (χ0) is 16.2. The van der Waals surface area contributed by atoms with Gasteiger partial charge in [0.15, 0.2) is 0 Å². The number of carbonyl (C=O) groups is 2. The van der Waals surface area contributed by atoms with Gasteiger partial charge in [0.05, 0.1) is 12.1 Å². The van der Waals surface area contributed by atoms with Crippen LogP contribution in [0.2, 0.25) is 0 Å². The van der Waals surface area contributed by atoms with Crippen molar-refractivity contribution in [2.24, 2.45) is 0 Å². The largest absolute Gasteiger partial charge is 0.325 e. The monoisotopic (exact) mass is 321 g/mol. The molecule has 0 radical (unpaired) electrons. The third-order valence-electron chi connectivity index (χ3n) is 3.60. The van der Waals surface area contributed by atoms with E-state index in [0.717, 1.165) is 12.8 Å². The molecule has 1 amide bonds. The Labute approximate surface area is 139 Å². The van der Waals surface area contributed by atoms with Crippen molar-refractivity contribution in [1.82, 2.24) is 0 Å². The van der Waals surface area contributed by atoms with Crippen LogP contribution >= 0.6 is 12.6 Å². The topological polar surface area (TPSA) is 46.2 Å². The van der Waals surface area contributed by atoms with Crippen molar-refractivity contribution in [2.45, 2.75) is 69.6 Å². The number of ketones is 1. The van der Waals surface area contributed by atoms with Crippen LogP contribution in [0.1, 0.15) is 64.7 Å². The van der Waals surface area contributed by atoms with Gasteiger partial charge in [-0.3, -0.25) is 9.59 Å². The van der Waals surface area contributed by atoms with E-state index in [1.54, 1.807) is 12.1 Å². The quantitative estimate of drug-likeness (QED) is 0.342. The molecule has 1 rings (SSSR count). The molecule has 1 aromatic rings. The maximum absolute atomic E-state index is 11.8. The highest BCUT2D eigenvalue weighted by atomic mass is 32.1. The summed E-state index contributed by atoms with van der Waals surface area (Å²) in [5, 5.41) is 2.73. The van der Waals surface area contributed by atoms with Crippen LogP contribution in [-0.2, 0) is 9.59 Å². The minimum atomic E-state index is -0.255. The van der Waals surface area contributed by atoms with Crippen molar-refractivity contribution < 1.29 is 9.59 Å². The van der Waals surface area contributed by atoms with Gasteiger partial charge in [-0.15, -0.1) is 12.6 Å². The predicted octanol–water partition coefficient (Wildman–Crippen LogP) is 5.01. The molecule has 0 saturated carbocycles. The first-order chi connectivity index (χ1) is 10.6. The van der Waals surface area contributed by atoms with Crippen molar-refractivity contribution in [2.75, 3.05) is 5.32 Å². The lowest BCUT2D eigenvalue weighted by atomic mass is 10.1. The van der Waals surface area contributed by atoms with Crippen molar-refractivity contribution in [3.8, 4) is 0 Å². The third-order valence-corrected chi connectivity index (χ3v) is 3.99. The summed E-state index contributed by atoms with van der Waals surface area (Å²) < 4.78 is 0. The maximum Gasteiger partial charge on any atom is 0.231 e. The minimum absolute atomic E-state index is 0.0164. The van der Waals surface area contributed by atoms with Gasteiger partial charge in [-0.2, -0.15) is 0 Å². The number of unbranched alkanes of at least 4 members (excludes halogenated alkanes) is 6. The third kappa shape index (κ3) is 8.23. The zero-order valence-corrected chi connectivity index (χ0v) is 14.3. The Balaban J connectivity index is 2.14. The second kappa shape index (κ2) is 11.3. The number of thiol groups is 1. The second-order valence-corrected chi connectivity index (χ2v) is 6.13. The summed E-state index contributed by atoms with van der Waals surface area (Å²) in [5.74, 6) is -0.239. The molecule has 0 aliphatic heterocycles. The molecule has 0 bridgehead atoms. The van der Waals surface area contributed by atoms with Gasteiger partial charge in [0.1, 0.15) is 5.78 Å². The summed E-state index contributed by atoms with van der Waals surface area (Å²) >= 11 is 4.27. The van der Waals surface area contributed by atoms with E-state index in [4.69, 9.17) is 0 Å². The zero-order valence-electron chi connectivity index (χ0n) is 13.4. The van der Waals surface area contributed by atoms with E-state index in [1.165, 1.54) is 32.1 Å². The molecular weight excluding hydrogens is 294 g/mol. The number of hydrogen-bond donors (Lipinski definition) is 2. The van der Waals surface area contributed by atoms with Gasteiger partial charge in [-0.05, 0) is 18.6 Å². The molecule has 0 saturated heterocycles. The van der Waals surface area contributed by atoms with Gasteiger partial charge < -0.3 is 5.32 Å². The van der Waals surface area contributed by atoms with Gasteiger partial charge in [0, 0.05) is 11.3 Å². The molecule has 0 aromatic heterocycles. The van der Waals surface area contributed by atoms with Crippen LogP contribution < -0.4 is 5.32 Å². The molecule has 0 aliphatic rings. The van der Waals surface area contributed by atoms with Crippen LogP contribution in [0.5, 0.6) is 0 Å². The maximum atomic E-state index is 11.8. The van der Waals surface area contributed by atoms with Crippen LogP contribution in [0.3, 0.4) is 0 Å². The number of para-hydroxylation sites is 1. The Kier molecular flexibility index (Phi) is 9.64. The molecule has 3 nitrogen and oxygen atoms in total. The molecule has 22 heavy (non-hydrogen) atoms. The molecular formula is C18H27NO2S. The number of Topliss-reactive ketones (excluding diaryl/α,β-unsaturated/α-hetero) is 1. The Bertz CT molecular complexity index is 474. The molecule has 0 aliphatic carbocycles. The molecule has 0 fully saturated rings. The number of carbonyl (C=O) groups excluding carboxylic acids is 2. The summed E-state index contributed by atoms with van der Waals surface area (Å²) in [6.45, 7) is 2.20. The van der Waals surface area contributed by atoms with E-state index in [9.17, 15) is 9.59 Å². The smallest absolute Gasteiger partial charge is 0.231 e. The molecule has 1 N–H and O–H groups in total. The predicted molar refractivity (Wildman–Crippen MR) is 94.6 cm³/mol. The Morgan fingerprint density at radius 3 is 2.32 bits per heavy atom. The van der Waals surface area contributed by atoms with Gasteiger partial charge >= 0.3 is 0 Å². The Morgan fingerprint density at radius 1 is 1.00 bits per heavy atom. The summed E-state index contributed by atoms with van der Waals surface area (Å²) in [6, 6.07) is 7.26. The molecule has 0 heterocycles. The van der Waals surface area contributed by atoms with Crippen molar-refractivity contribution in [1.29, 1.82) is 0 Å². The van der Waals surface area contributed by atoms with E-state index in [-0.39, 0.29) is 18.1 Å². The van der Waals surface area contributed by atoms with Gasteiger partial charge in [0.2, 0.25) is 5.91 Å². The minimum Gasteiger partial charge on any atom is -0.325 e. The number of nitrogens with one attached hydrogen (secondary N) is 1. The lowest BCUT2D eigenvalue weighted by Crippen LogP contribution is -2.16. The van der Waals surface area contributed by atoms with Crippen molar-refractivity contribution >= 4 is 30.0 Å². The summed E-state index contributed by atoms with van der Waals surface area (Å²) in [6.07, 6.45) is 8.71. The van der Waals surface area contributed by atoms with Gasteiger partial charge in [0.25, 0.3) is 0 Å². The highest BCUT2D eigenvalue weighted by Crippen LogP contribution is 2.18. The normalized spacial score (nSPS) is 10.5. The average Bonchev–Trinajstić information content (AvgIpc) is 2.48. The number of anilines is 1. The lowest BCUT2D eigenvalue weighted by Gasteiger charge is -2.07. The van der Waals surface area contributed by atoms with Crippen LogP contribution in [0.25, 0.3) is 0 Å². The van der Waals surface area contributed by atoms with E-state index in [0.29, 0.717) is 17.0 Å². The molecule has 0 unspecified atom stereocenters. The summed E-state index contributed by atoms with van der Waals surface area (Å²) in [7, 11) is 0. The van der Waals surface area contributed by atoms with Crippen LogP contribution in [0.4, 0.5) is 5.69 Å². The summed E-state index contributed by atoms with van der Waals surface area (Å²) in [4.78, 5) is 24.3. The van der Waals surface area contributed by atoms with E-state index in [1.807, 2.05) is 12.1 Å². The van der Waals surface area contributed by atoms with Crippen LogP contribution in [0, 0.1) is 0 Å². The highest BCUT2D eigenvalue weighted by Gasteiger charge is 2.10. The standard InChI is InChI=1S/C18H27NO2S/c1-2-3-4-5-6-7-8-11-15(20)14-18(21)19-16-12-9-10-13-17(16)22/h9-10,12-13,22H,2-8,11,14H2,1H3,(H,19,21). The molecule has 1 aromatic carbocycles. The fraction of sp³-hybridized carbons (Fsp3) is 0.556. The SMILES string of the molecule is CCCCCCCCCC(=O)CC(=O)Nc1ccccc1S. The first-order valence-electron chi connectivity index (χ1n) is 8.23. The van der Waals surface area contributed by atoms with Crippen molar-refractivity contribution in [3.63, 3.8) is 0 Å². The lowest BCUT2D eigenvalue weighted by molar-refractivity contribution is -0.125. The van der Waals surface area contributed by atoms with Gasteiger partial charge in [-0.25, -0.2) is 0 Å². The molecule has 4 heteroatoms. The molecule has 122 valence electrons. The van der Waals surface area contributed by atoms with Crippen LogP contribution in [0.15, 0.2) is 29.2 Å². The number of rotatable bonds is 11. The van der Waals surface area contributed by atoms with E-state index < -0.39 is 0 Å².